The lowest BCUT2D eigenvalue weighted by atomic mass is 10.1. The van der Waals surface area contributed by atoms with Gasteiger partial charge in [-0.15, -0.1) is 4.33 Å². The second-order valence-corrected chi connectivity index (χ2v) is 12.3. The molecule has 2 heterocycles. The van der Waals surface area contributed by atoms with Crippen LogP contribution in [0.3, 0.4) is 0 Å². The molecule has 0 aliphatic rings. The molecule has 0 aliphatic heterocycles. The fraction of sp³-hybridized carbons (Fsp3) is 0.393. The molecule has 2 aromatic heterocycles. The van der Waals surface area contributed by atoms with Crippen LogP contribution in [0, 0.1) is 0 Å². The van der Waals surface area contributed by atoms with E-state index >= 15 is 0 Å². The van der Waals surface area contributed by atoms with Gasteiger partial charge < -0.3 is 46.3 Å². The third-order valence-electron chi connectivity index (χ3n) is 6.28. The van der Waals surface area contributed by atoms with Crippen LogP contribution in [0.25, 0.3) is 10.8 Å². The minimum Gasteiger partial charge on any atom is -0.394 e. The molecule has 0 fully saturated rings. The maximum atomic E-state index is 11.2. The number of aliphatic hydroxyl groups is 2. The third-order valence-corrected chi connectivity index (χ3v) is 7.44. The SMILES string of the molecule is O=S(=O)(O)CCNc1nc(NCCOCCO)nc(Nc2ccc(Nc3nc(/N=C\CSOOO)nc(NCCOCCO)n3)c3ccccc23)n1. The Hall–Kier alpha value is -4.63. The van der Waals surface area contributed by atoms with Crippen molar-refractivity contribution >= 4 is 86.2 Å². The zero-order valence-electron chi connectivity index (χ0n) is 27.5. The molecule has 0 atom stereocenters. The first-order valence-electron chi connectivity index (χ1n) is 15.5. The van der Waals surface area contributed by atoms with Crippen molar-refractivity contribution in [3.8, 4) is 0 Å². The van der Waals surface area contributed by atoms with E-state index < -0.39 is 15.9 Å². The van der Waals surface area contributed by atoms with Crippen molar-refractivity contribution < 1.29 is 47.3 Å². The molecule has 4 rings (SSSR count). The van der Waals surface area contributed by atoms with Crippen LogP contribution in [0.4, 0.5) is 47.1 Å². The summed E-state index contributed by atoms with van der Waals surface area (Å²) in [5.41, 5.74) is 1.25. The highest BCUT2D eigenvalue weighted by molar-refractivity contribution is 7.95. The van der Waals surface area contributed by atoms with Crippen molar-refractivity contribution in [1.82, 2.24) is 29.9 Å². The van der Waals surface area contributed by atoms with E-state index in [1.54, 1.807) is 12.1 Å². The van der Waals surface area contributed by atoms with Crippen LogP contribution in [0.2, 0.25) is 0 Å². The highest BCUT2D eigenvalue weighted by Gasteiger charge is 2.14. The van der Waals surface area contributed by atoms with Crippen LogP contribution >= 0.6 is 12.0 Å². The summed E-state index contributed by atoms with van der Waals surface area (Å²) in [5, 5.41) is 46.5. The number of aromatic nitrogens is 6. The lowest BCUT2D eigenvalue weighted by molar-refractivity contribution is -0.432. The third kappa shape index (κ3) is 14.2. The van der Waals surface area contributed by atoms with E-state index in [4.69, 9.17) is 29.5 Å². The van der Waals surface area contributed by atoms with E-state index in [-0.39, 0.29) is 81.0 Å². The Balaban J connectivity index is 1.58. The van der Waals surface area contributed by atoms with Gasteiger partial charge in [0.25, 0.3) is 16.1 Å². The maximum absolute atomic E-state index is 11.2. The van der Waals surface area contributed by atoms with Crippen molar-refractivity contribution in [3.05, 3.63) is 36.4 Å². The fourth-order valence-electron chi connectivity index (χ4n) is 4.20. The number of hydrogen-bond acceptors (Lipinski definition) is 22. The monoisotopic (exact) mass is 766 g/mol. The largest absolute Gasteiger partial charge is 0.394 e. The summed E-state index contributed by atoms with van der Waals surface area (Å²) in [4.78, 5) is 30.5. The van der Waals surface area contributed by atoms with Crippen LogP contribution in [0.1, 0.15) is 0 Å². The topological polar surface area (TPSA) is 302 Å². The minimum atomic E-state index is -4.22. The average Bonchev–Trinajstić information content (AvgIpc) is 3.12. The summed E-state index contributed by atoms with van der Waals surface area (Å²) in [7, 11) is -4.22. The number of nitrogens with zero attached hydrogens (tertiary/aromatic N) is 7. The second-order valence-electron chi connectivity index (χ2n) is 10.0. The van der Waals surface area contributed by atoms with E-state index in [1.165, 1.54) is 6.21 Å². The zero-order chi connectivity index (χ0) is 37.0. The summed E-state index contributed by atoms with van der Waals surface area (Å²) in [6.45, 7) is 1.20. The lowest BCUT2D eigenvalue weighted by Gasteiger charge is -2.15. The van der Waals surface area contributed by atoms with Gasteiger partial charge in [0.15, 0.2) is 0 Å². The van der Waals surface area contributed by atoms with Gasteiger partial charge in [-0.05, 0) is 12.1 Å². The molecular formula is C28H38N12O10S2. The number of rotatable bonds is 25. The van der Waals surface area contributed by atoms with E-state index in [9.17, 15) is 8.42 Å². The number of ether oxygens (including phenoxy) is 2. The number of anilines is 7. The van der Waals surface area contributed by atoms with Gasteiger partial charge in [-0.3, -0.25) is 4.55 Å². The second kappa shape index (κ2) is 21.7. The molecule has 24 heteroatoms. The number of hydrogen-bond donors (Lipinski definition) is 9. The number of nitrogens with one attached hydrogen (secondary N) is 5. The smallest absolute Gasteiger partial charge is 0.266 e. The predicted molar refractivity (Wildman–Crippen MR) is 193 cm³/mol. The lowest BCUT2D eigenvalue weighted by Crippen LogP contribution is -2.18. The number of aliphatic hydroxyl groups excluding tert-OH is 2. The van der Waals surface area contributed by atoms with Gasteiger partial charge in [-0.1, -0.05) is 29.3 Å². The molecule has 0 bridgehead atoms. The molecule has 4 aromatic rings. The van der Waals surface area contributed by atoms with E-state index in [1.807, 2.05) is 24.3 Å². The number of benzene rings is 2. The summed E-state index contributed by atoms with van der Waals surface area (Å²) in [5.74, 6) is 0.449. The Morgan fingerprint density at radius 3 is 1.75 bits per heavy atom. The van der Waals surface area contributed by atoms with Crippen molar-refractivity contribution in [1.29, 1.82) is 0 Å². The average molecular weight is 767 g/mol. The Morgan fingerprint density at radius 1 is 0.712 bits per heavy atom. The molecule has 0 spiro atoms. The summed E-state index contributed by atoms with van der Waals surface area (Å²) in [6.07, 6.45) is 1.45. The summed E-state index contributed by atoms with van der Waals surface area (Å²) >= 11 is 0.790. The van der Waals surface area contributed by atoms with Crippen LogP contribution < -0.4 is 26.6 Å². The normalized spacial score (nSPS) is 11.6. The van der Waals surface area contributed by atoms with Crippen molar-refractivity contribution in [2.24, 2.45) is 4.99 Å². The molecular weight excluding hydrogens is 729 g/mol. The molecule has 22 nitrogen and oxygen atoms in total. The molecule has 0 saturated heterocycles. The van der Waals surface area contributed by atoms with Crippen molar-refractivity contribution in [3.63, 3.8) is 0 Å². The van der Waals surface area contributed by atoms with E-state index in [0.29, 0.717) is 31.1 Å². The van der Waals surface area contributed by atoms with Crippen molar-refractivity contribution in [2.45, 2.75) is 0 Å². The molecule has 52 heavy (non-hydrogen) atoms. The summed E-state index contributed by atoms with van der Waals surface area (Å²) < 4.78 is 46.5. The van der Waals surface area contributed by atoms with Crippen LogP contribution in [-0.4, -0.2) is 135 Å². The zero-order valence-corrected chi connectivity index (χ0v) is 29.1. The van der Waals surface area contributed by atoms with Gasteiger partial charge in [-0.25, -0.2) is 10.2 Å². The summed E-state index contributed by atoms with van der Waals surface area (Å²) in [6, 6.07) is 11.1. The van der Waals surface area contributed by atoms with Gasteiger partial charge in [-0.2, -0.15) is 38.3 Å². The Bertz CT molecular complexity index is 1850. The van der Waals surface area contributed by atoms with Crippen LogP contribution in [0.5, 0.6) is 0 Å². The minimum absolute atomic E-state index is 0.0491. The number of fused-ring (bicyclic) bond motifs is 1. The highest BCUT2D eigenvalue weighted by atomic mass is 32.2. The molecule has 0 aliphatic carbocycles. The molecule has 0 saturated carbocycles. The molecule has 9 N–H and O–H groups in total. The molecule has 282 valence electrons. The van der Waals surface area contributed by atoms with Gasteiger partial charge in [0.2, 0.25) is 29.7 Å². The van der Waals surface area contributed by atoms with Crippen LogP contribution in [-0.2, 0) is 29.0 Å². The Labute approximate surface area is 301 Å². The highest BCUT2D eigenvalue weighted by Crippen LogP contribution is 2.33. The van der Waals surface area contributed by atoms with Gasteiger partial charge in [0.1, 0.15) is 0 Å². The molecule has 0 amide bonds. The first kappa shape index (κ1) is 40.1. The molecule has 2 aromatic carbocycles. The quantitative estimate of drug-likeness (QED) is 0.0116. The number of aliphatic imine (C=N–C) groups is 1. The van der Waals surface area contributed by atoms with E-state index in [2.05, 4.69) is 70.9 Å². The first-order valence-corrected chi connectivity index (χ1v) is 18.0. The Morgan fingerprint density at radius 2 is 1.21 bits per heavy atom. The maximum Gasteiger partial charge on any atom is 0.266 e. The van der Waals surface area contributed by atoms with Gasteiger partial charge >= 0.3 is 0 Å². The Kier molecular flexibility index (Phi) is 16.7. The van der Waals surface area contributed by atoms with Gasteiger partial charge in [0.05, 0.1) is 51.1 Å². The predicted octanol–water partition coefficient (Wildman–Crippen LogP) is 1.61. The van der Waals surface area contributed by atoms with E-state index in [0.717, 1.165) is 22.8 Å². The molecule has 0 unspecified atom stereocenters. The standard InChI is InChI=1S/C28H38N12O10S2/c41-11-15-47-13-7-29-23-35-25(31-9-17-51-50-49-43)39-27(37-23)33-21-5-6-22(20-4-2-1-3-19(20)21)34-28-38-24(30-8-14-48-16-12-42)36-26(40-28)32-10-18-52(44,45)46/h1-6,9,41-43H,7-8,10-18H2,(H,44,45,46)(H2,29,33,35,37,39)(H3,30,32,34,36,38,40)/b31-9-. The van der Waals surface area contributed by atoms with Crippen LogP contribution in [0.15, 0.2) is 41.4 Å². The first-order chi connectivity index (χ1) is 25.3. The fourth-order valence-corrected chi connectivity index (χ4v) is 4.79. The van der Waals surface area contributed by atoms with Crippen molar-refractivity contribution in [2.75, 3.05) is 97.4 Å². The van der Waals surface area contributed by atoms with Gasteiger partial charge in [0, 0.05) is 60.0 Å². The molecule has 0 radical (unpaired) electrons.